The SMILES string of the molecule is Nc1ccc(N2C(=O)CCC2=O)cc1C(F)(F)F. The van der Waals surface area contributed by atoms with Gasteiger partial charge in [-0.25, -0.2) is 0 Å². The molecule has 1 saturated heterocycles. The smallest absolute Gasteiger partial charge is 0.398 e. The predicted molar refractivity (Wildman–Crippen MR) is 57.6 cm³/mol. The average Bonchev–Trinajstić information content (AvgIpc) is 2.58. The Labute approximate surface area is 100 Å². The molecule has 1 aromatic rings. The lowest BCUT2D eigenvalue weighted by Crippen LogP contribution is -2.29. The highest BCUT2D eigenvalue weighted by molar-refractivity contribution is 6.19. The molecule has 1 aromatic carbocycles. The molecule has 0 aliphatic carbocycles. The van der Waals surface area contributed by atoms with E-state index < -0.39 is 29.2 Å². The third kappa shape index (κ3) is 2.03. The summed E-state index contributed by atoms with van der Waals surface area (Å²) in [5.74, 6) is -1.00. The Morgan fingerprint density at radius 2 is 1.67 bits per heavy atom. The van der Waals surface area contributed by atoms with E-state index in [1.807, 2.05) is 0 Å². The monoisotopic (exact) mass is 258 g/mol. The fraction of sp³-hybridized carbons (Fsp3) is 0.273. The van der Waals surface area contributed by atoms with Crippen LogP contribution in [-0.2, 0) is 15.8 Å². The summed E-state index contributed by atoms with van der Waals surface area (Å²) in [6, 6.07) is 2.99. The van der Waals surface area contributed by atoms with E-state index in [0.29, 0.717) is 0 Å². The lowest BCUT2D eigenvalue weighted by atomic mass is 10.1. The Morgan fingerprint density at radius 3 is 2.17 bits per heavy atom. The Morgan fingerprint density at radius 1 is 1.11 bits per heavy atom. The molecular weight excluding hydrogens is 249 g/mol. The molecule has 0 bridgehead atoms. The lowest BCUT2D eigenvalue weighted by molar-refractivity contribution is -0.137. The number of anilines is 2. The molecule has 2 amide bonds. The highest BCUT2D eigenvalue weighted by Gasteiger charge is 2.36. The van der Waals surface area contributed by atoms with Gasteiger partial charge in [-0.1, -0.05) is 0 Å². The van der Waals surface area contributed by atoms with E-state index in [-0.39, 0.29) is 18.5 Å². The van der Waals surface area contributed by atoms with Crippen LogP contribution in [0.15, 0.2) is 18.2 Å². The summed E-state index contributed by atoms with van der Waals surface area (Å²) in [6.07, 6.45) is -4.58. The van der Waals surface area contributed by atoms with E-state index in [4.69, 9.17) is 5.73 Å². The van der Waals surface area contributed by atoms with Gasteiger partial charge in [0.2, 0.25) is 11.8 Å². The summed E-state index contributed by atoms with van der Waals surface area (Å²) >= 11 is 0. The summed E-state index contributed by atoms with van der Waals surface area (Å²) in [5, 5.41) is 0. The minimum atomic E-state index is -4.62. The Kier molecular flexibility index (Phi) is 2.76. The van der Waals surface area contributed by atoms with Crippen LogP contribution in [0.3, 0.4) is 0 Å². The van der Waals surface area contributed by atoms with Crippen LogP contribution < -0.4 is 10.6 Å². The summed E-state index contributed by atoms with van der Waals surface area (Å²) in [4.78, 5) is 23.6. The molecule has 0 unspecified atom stereocenters. The number of halogens is 3. The fourth-order valence-electron chi connectivity index (χ4n) is 1.79. The number of nitrogen functional groups attached to an aromatic ring is 1. The molecule has 18 heavy (non-hydrogen) atoms. The van der Waals surface area contributed by atoms with E-state index in [2.05, 4.69) is 0 Å². The standard InChI is InChI=1S/C11H9F3N2O2/c12-11(13,14)7-5-6(1-2-8(7)15)16-9(17)3-4-10(16)18/h1-2,5H,3-4,15H2. The molecular formula is C11H9F3N2O2. The number of alkyl halides is 3. The van der Waals surface area contributed by atoms with Gasteiger partial charge in [-0.3, -0.25) is 14.5 Å². The second-order valence-corrected chi connectivity index (χ2v) is 3.89. The van der Waals surface area contributed by atoms with Gasteiger partial charge >= 0.3 is 6.18 Å². The number of rotatable bonds is 1. The van der Waals surface area contributed by atoms with E-state index in [1.165, 1.54) is 6.07 Å². The highest BCUT2D eigenvalue weighted by atomic mass is 19.4. The van der Waals surface area contributed by atoms with Gasteiger partial charge in [-0.05, 0) is 18.2 Å². The number of carbonyl (C=O) groups excluding carboxylic acids is 2. The van der Waals surface area contributed by atoms with Gasteiger partial charge in [-0.2, -0.15) is 13.2 Å². The second kappa shape index (κ2) is 4.01. The summed E-state index contributed by atoms with van der Waals surface area (Å²) in [7, 11) is 0. The molecule has 0 spiro atoms. The maximum Gasteiger partial charge on any atom is 0.418 e. The molecule has 1 fully saturated rings. The van der Waals surface area contributed by atoms with Crippen molar-refractivity contribution in [3.63, 3.8) is 0 Å². The van der Waals surface area contributed by atoms with Crippen LogP contribution in [0.25, 0.3) is 0 Å². The molecule has 1 heterocycles. The van der Waals surface area contributed by atoms with Gasteiger partial charge in [0.15, 0.2) is 0 Å². The molecule has 7 heteroatoms. The topological polar surface area (TPSA) is 63.4 Å². The minimum Gasteiger partial charge on any atom is -0.398 e. The zero-order valence-corrected chi connectivity index (χ0v) is 9.12. The molecule has 96 valence electrons. The number of hydrogen-bond acceptors (Lipinski definition) is 3. The van der Waals surface area contributed by atoms with Crippen molar-refractivity contribution in [2.75, 3.05) is 10.6 Å². The van der Waals surface area contributed by atoms with Crippen LogP contribution in [0, 0.1) is 0 Å². The summed E-state index contributed by atoms with van der Waals surface area (Å²) in [5.41, 5.74) is 3.65. The molecule has 0 radical (unpaired) electrons. The zero-order valence-electron chi connectivity index (χ0n) is 9.12. The molecule has 0 saturated carbocycles. The maximum absolute atomic E-state index is 12.6. The maximum atomic E-state index is 12.6. The van der Waals surface area contributed by atoms with Crippen LogP contribution in [0.2, 0.25) is 0 Å². The molecule has 0 aromatic heterocycles. The number of benzene rings is 1. The summed E-state index contributed by atoms with van der Waals surface area (Å²) < 4.78 is 37.9. The number of carbonyl (C=O) groups is 2. The summed E-state index contributed by atoms with van der Waals surface area (Å²) in [6.45, 7) is 0. The van der Waals surface area contributed by atoms with Gasteiger partial charge in [0.05, 0.1) is 11.3 Å². The number of hydrogen-bond donors (Lipinski definition) is 1. The number of nitrogens with two attached hydrogens (primary N) is 1. The molecule has 0 atom stereocenters. The van der Waals surface area contributed by atoms with Crippen molar-refractivity contribution < 1.29 is 22.8 Å². The van der Waals surface area contributed by atoms with E-state index in [1.54, 1.807) is 0 Å². The van der Waals surface area contributed by atoms with Crippen molar-refractivity contribution in [2.45, 2.75) is 19.0 Å². The molecule has 1 aliphatic rings. The van der Waals surface area contributed by atoms with Crippen molar-refractivity contribution in [1.29, 1.82) is 0 Å². The number of imide groups is 1. The quantitative estimate of drug-likeness (QED) is 0.618. The van der Waals surface area contributed by atoms with E-state index in [9.17, 15) is 22.8 Å². The zero-order chi connectivity index (χ0) is 13.5. The first-order valence-corrected chi connectivity index (χ1v) is 5.13. The van der Waals surface area contributed by atoms with Crippen molar-refractivity contribution in [3.8, 4) is 0 Å². The van der Waals surface area contributed by atoms with Gasteiger partial charge in [0.1, 0.15) is 0 Å². The molecule has 2 N–H and O–H groups in total. The number of amides is 2. The Hall–Kier alpha value is -2.05. The van der Waals surface area contributed by atoms with Crippen molar-refractivity contribution in [2.24, 2.45) is 0 Å². The molecule has 2 rings (SSSR count). The Balaban J connectivity index is 2.48. The Bertz CT molecular complexity index is 510. The van der Waals surface area contributed by atoms with Crippen LogP contribution in [0.5, 0.6) is 0 Å². The minimum absolute atomic E-state index is 0.0184. The first kappa shape index (κ1) is 12.4. The number of nitrogens with zero attached hydrogens (tertiary/aromatic N) is 1. The second-order valence-electron chi connectivity index (χ2n) is 3.89. The molecule has 1 aliphatic heterocycles. The van der Waals surface area contributed by atoms with Gasteiger partial charge in [0.25, 0.3) is 0 Å². The lowest BCUT2D eigenvalue weighted by Gasteiger charge is -2.17. The predicted octanol–water partition coefficient (Wildman–Crippen LogP) is 1.94. The van der Waals surface area contributed by atoms with Crippen molar-refractivity contribution >= 4 is 23.2 Å². The van der Waals surface area contributed by atoms with Crippen molar-refractivity contribution in [1.82, 2.24) is 0 Å². The van der Waals surface area contributed by atoms with Crippen molar-refractivity contribution in [3.05, 3.63) is 23.8 Å². The first-order chi connectivity index (χ1) is 8.30. The fourth-order valence-corrected chi connectivity index (χ4v) is 1.79. The largest absolute Gasteiger partial charge is 0.418 e. The normalized spacial score (nSPS) is 16.5. The van der Waals surface area contributed by atoms with Crippen LogP contribution in [0.4, 0.5) is 24.5 Å². The first-order valence-electron chi connectivity index (χ1n) is 5.13. The van der Waals surface area contributed by atoms with Gasteiger partial charge in [0, 0.05) is 18.5 Å². The van der Waals surface area contributed by atoms with Crippen LogP contribution in [0.1, 0.15) is 18.4 Å². The van der Waals surface area contributed by atoms with E-state index >= 15 is 0 Å². The average molecular weight is 258 g/mol. The van der Waals surface area contributed by atoms with E-state index in [0.717, 1.165) is 17.0 Å². The van der Waals surface area contributed by atoms with Crippen LogP contribution >= 0.6 is 0 Å². The third-order valence-corrected chi connectivity index (χ3v) is 2.65. The van der Waals surface area contributed by atoms with Crippen LogP contribution in [-0.4, -0.2) is 11.8 Å². The van der Waals surface area contributed by atoms with Gasteiger partial charge < -0.3 is 5.73 Å². The van der Waals surface area contributed by atoms with Gasteiger partial charge in [-0.15, -0.1) is 0 Å². The highest BCUT2D eigenvalue weighted by Crippen LogP contribution is 2.36. The third-order valence-electron chi connectivity index (χ3n) is 2.65. The molecule has 4 nitrogen and oxygen atoms in total.